The predicted octanol–water partition coefficient (Wildman–Crippen LogP) is 2.40. The van der Waals surface area contributed by atoms with Crippen molar-refractivity contribution in [3.63, 3.8) is 0 Å². The summed E-state index contributed by atoms with van der Waals surface area (Å²) in [6, 6.07) is 2.73. The summed E-state index contributed by atoms with van der Waals surface area (Å²) in [5.74, 6) is 0. The van der Waals surface area contributed by atoms with E-state index in [-0.39, 0.29) is 10.6 Å². The zero-order valence-electron chi connectivity index (χ0n) is 12.4. The lowest BCUT2D eigenvalue weighted by atomic mass is 10.1. The van der Waals surface area contributed by atoms with Crippen LogP contribution in [0.3, 0.4) is 0 Å². The number of anilines is 1. The molecule has 2 rings (SSSR count). The van der Waals surface area contributed by atoms with Crippen LogP contribution in [0.4, 0.5) is 16.2 Å². The molecule has 1 aromatic rings. The van der Waals surface area contributed by atoms with Crippen LogP contribution in [0.5, 0.6) is 0 Å². The highest BCUT2D eigenvalue weighted by atomic mass is 35.5. The molecular weight excluding hydrogens is 308 g/mol. The monoisotopic (exact) mass is 326 g/mol. The molecule has 0 unspecified atom stereocenters. The Kier molecular flexibility index (Phi) is 5.07. The van der Waals surface area contributed by atoms with Gasteiger partial charge in [-0.15, -0.1) is 0 Å². The van der Waals surface area contributed by atoms with Crippen molar-refractivity contribution < 1.29 is 9.72 Å². The number of aryl methyl sites for hydroxylation is 1. The van der Waals surface area contributed by atoms with E-state index in [1.807, 2.05) is 11.8 Å². The number of nitrogens with zero attached hydrogens (tertiary/aromatic N) is 3. The third-order valence-corrected chi connectivity index (χ3v) is 4.22. The lowest BCUT2D eigenvalue weighted by Crippen LogP contribution is -2.38. The van der Waals surface area contributed by atoms with Gasteiger partial charge in [-0.05, 0) is 24.5 Å². The van der Waals surface area contributed by atoms with Crippen LogP contribution in [-0.4, -0.2) is 42.0 Å². The molecule has 1 aromatic carbocycles. The van der Waals surface area contributed by atoms with Gasteiger partial charge in [0.05, 0.1) is 4.92 Å². The first kappa shape index (κ1) is 16.4. The van der Waals surface area contributed by atoms with Crippen LogP contribution in [0.15, 0.2) is 12.1 Å². The Morgan fingerprint density at radius 3 is 2.68 bits per heavy atom. The third kappa shape index (κ3) is 3.41. The molecule has 7 nitrogen and oxygen atoms in total. The maximum absolute atomic E-state index is 11.4. The molecule has 0 bridgehead atoms. The Labute approximate surface area is 133 Å². The van der Waals surface area contributed by atoms with Gasteiger partial charge in [0.1, 0.15) is 5.69 Å². The van der Waals surface area contributed by atoms with Gasteiger partial charge in [-0.3, -0.25) is 10.1 Å². The normalized spacial score (nSPS) is 15.5. The van der Waals surface area contributed by atoms with Gasteiger partial charge in [0.25, 0.3) is 5.69 Å². The number of nitro groups is 1. The summed E-state index contributed by atoms with van der Waals surface area (Å²) in [4.78, 5) is 25.7. The van der Waals surface area contributed by atoms with Crippen molar-refractivity contribution in [2.24, 2.45) is 5.73 Å². The fraction of sp³-hybridized carbons (Fsp3) is 0.500. The van der Waals surface area contributed by atoms with E-state index in [0.717, 1.165) is 5.56 Å². The number of carbonyl (C=O) groups is 1. The summed E-state index contributed by atoms with van der Waals surface area (Å²) >= 11 is 6.21. The molecule has 120 valence electrons. The molecule has 1 fully saturated rings. The maximum atomic E-state index is 11.4. The highest BCUT2D eigenvalue weighted by Crippen LogP contribution is 2.34. The molecule has 0 aromatic heterocycles. The van der Waals surface area contributed by atoms with Gasteiger partial charge in [0.15, 0.2) is 0 Å². The first-order chi connectivity index (χ1) is 10.4. The first-order valence-corrected chi connectivity index (χ1v) is 7.58. The molecule has 0 radical (unpaired) electrons. The number of hydrogen-bond donors (Lipinski definition) is 1. The Bertz CT molecular complexity index is 594. The summed E-state index contributed by atoms with van der Waals surface area (Å²) in [6.45, 7) is 4.01. The highest BCUT2D eigenvalue weighted by Gasteiger charge is 2.24. The third-order valence-electron chi connectivity index (χ3n) is 3.87. The average Bonchev–Trinajstić information content (AvgIpc) is 2.72. The SMILES string of the molecule is CCc1cc([N+](=O)[O-])c(N2CCCN(C(N)=O)CC2)cc1Cl. The van der Waals surface area contributed by atoms with Crippen molar-refractivity contribution in [2.45, 2.75) is 19.8 Å². The number of amides is 2. The van der Waals surface area contributed by atoms with Gasteiger partial charge in [-0.25, -0.2) is 4.79 Å². The minimum absolute atomic E-state index is 0.0498. The molecule has 0 atom stereocenters. The largest absolute Gasteiger partial charge is 0.364 e. The van der Waals surface area contributed by atoms with E-state index < -0.39 is 6.03 Å². The summed E-state index contributed by atoms with van der Waals surface area (Å²) in [6.07, 6.45) is 1.34. The number of benzene rings is 1. The van der Waals surface area contributed by atoms with Crippen LogP contribution < -0.4 is 10.6 Å². The minimum Gasteiger partial charge on any atom is -0.364 e. The van der Waals surface area contributed by atoms with Crippen LogP contribution in [0, 0.1) is 10.1 Å². The minimum atomic E-state index is -0.462. The molecule has 0 aliphatic carbocycles. The zero-order chi connectivity index (χ0) is 16.3. The number of urea groups is 1. The van der Waals surface area contributed by atoms with Crippen molar-refractivity contribution in [3.8, 4) is 0 Å². The summed E-state index contributed by atoms with van der Waals surface area (Å²) in [7, 11) is 0. The van der Waals surface area contributed by atoms with E-state index in [2.05, 4.69) is 0 Å². The second-order valence-electron chi connectivity index (χ2n) is 5.21. The van der Waals surface area contributed by atoms with Crippen LogP contribution in [0.1, 0.15) is 18.9 Å². The summed E-state index contributed by atoms with van der Waals surface area (Å²) in [5, 5.41) is 11.9. The van der Waals surface area contributed by atoms with Crippen molar-refractivity contribution in [1.82, 2.24) is 4.90 Å². The van der Waals surface area contributed by atoms with Gasteiger partial charge < -0.3 is 15.5 Å². The topological polar surface area (TPSA) is 92.7 Å². The molecule has 2 N–H and O–H groups in total. The molecule has 0 spiro atoms. The Morgan fingerprint density at radius 2 is 2.09 bits per heavy atom. The van der Waals surface area contributed by atoms with Gasteiger partial charge >= 0.3 is 6.03 Å². The summed E-state index contributed by atoms with van der Waals surface area (Å²) < 4.78 is 0. The van der Waals surface area contributed by atoms with E-state index in [1.54, 1.807) is 11.0 Å². The van der Waals surface area contributed by atoms with Gasteiger partial charge in [-0.2, -0.15) is 0 Å². The van der Waals surface area contributed by atoms with E-state index in [9.17, 15) is 14.9 Å². The van der Waals surface area contributed by atoms with Crippen LogP contribution in [0.2, 0.25) is 5.02 Å². The number of halogens is 1. The van der Waals surface area contributed by atoms with Crippen molar-refractivity contribution in [3.05, 3.63) is 32.8 Å². The van der Waals surface area contributed by atoms with Gasteiger partial charge in [0, 0.05) is 37.3 Å². The number of nitro benzene ring substituents is 1. The molecule has 1 heterocycles. The van der Waals surface area contributed by atoms with Gasteiger partial charge in [0.2, 0.25) is 0 Å². The second kappa shape index (κ2) is 6.83. The van der Waals surface area contributed by atoms with Crippen molar-refractivity contribution >= 4 is 29.0 Å². The van der Waals surface area contributed by atoms with E-state index in [1.165, 1.54) is 6.07 Å². The van der Waals surface area contributed by atoms with Crippen LogP contribution >= 0.6 is 11.6 Å². The standard InChI is InChI=1S/C14H19ClN4O3/c1-2-10-8-13(19(21)22)12(9-11(10)15)17-4-3-5-18(7-6-17)14(16)20/h8-9H,2-7H2,1H3,(H2,16,20). The molecule has 8 heteroatoms. The number of nitrogens with two attached hydrogens (primary N) is 1. The molecule has 2 amide bonds. The number of hydrogen-bond acceptors (Lipinski definition) is 4. The van der Waals surface area contributed by atoms with E-state index >= 15 is 0 Å². The molecular formula is C14H19ClN4O3. The smallest absolute Gasteiger partial charge is 0.314 e. The average molecular weight is 327 g/mol. The number of rotatable bonds is 3. The zero-order valence-corrected chi connectivity index (χ0v) is 13.2. The van der Waals surface area contributed by atoms with Crippen molar-refractivity contribution in [1.29, 1.82) is 0 Å². The molecule has 22 heavy (non-hydrogen) atoms. The number of carbonyl (C=O) groups excluding carboxylic acids is 1. The van der Waals surface area contributed by atoms with E-state index in [0.29, 0.717) is 49.7 Å². The predicted molar refractivity (Wildman–Crippen MR) is 85.5 cm³/mol. The molecule has 1 saturated heterocycles. The van der Waals surface area contributed by atoms with Gasteiger partial charge in [-0.1, -0.05) is 18.5 Å². The van der Waals surface area contributed by atoms with Crippen molar-refractivity contribution in [2.75, 3.05) is 31.1 Å². The van der Waals surface area contributed by atoms with E-state index in [4.69, 9.17) is 17.3 Å². The maximum Gasteiger partial charge on any atom is 0.314 e. The highest BCUT2D eigenvalue weighted by molar-refractivity contribution is 6.31. The Balaban J connectivity index is 2.33. The molecule has 1 aliphatic rings. The van der Waals surface area contributed by atoms with Crippen LogP contribution in [-0.2, 0) is 6.42 Å². The second-order valence-corrected chi connectivity index (χ2v) is 5.62. The Morgan fingerprint density at radius 1 is 1.36 bits per heavy atom. The first-order valence-electron chi connectivity index (χ1n) is 7.20. The quantitative estimate of drug-likeness (QED) is 0.681. The molecule has 0 saturated carbocycles. The Hall–Kier alpha value is -2.02. The fourth-order valence-corrected chi connectivity index (χ4v) is 2.94. The number of primary amides is 1. The molecule has 1 aliphatic heterocycles. The lowest BCUT2D eigenvalue weighted by molar-refractivity contribution is -0.384. The fourth-order valence-electron chi connectivity index (χ4n) is 2.64. The summed E-state index contributed by atoms with van der Waals surface area (Å²) in [5.41, 5.74) is 6.60. The van der Waals surface area contributed by atoms with Crippen LogP contribution in [0.25, 0.3) is 0 Å². The lowest BCUT2D eigenvalue weighted by Gasteiger charge is -2.23.